The van der Waals surface area contributed by atoms with Gasteiger partial charge in [-0.3, -0.25) is 0 Å². The van der Waals surface area contributed by atoms with Crippen molar-refractivity contribution >= 4 is 6.09 Å². The molecule has 144 valence electrons. The third kappa shape index (κ3) is 4.73. The van der Waals surface area contributed by atoms with Crippen molar-refractivity contribution in [3.63, 3.8) is 0 Å². The predicted octanol–water partition coefficient (Wildman–Crippen LogP) is 4.75. The zero-order valence-electron chi connectivity index (χ0n) is 16.4. The van der Waals surface area contributed by atoms with E-state index >= 15 is 0 Å². The summed E-state index contributed by atoms with van der Waals surface area (Å²) in [6.45, 7) is 6.73. The first-order valence-corrected chi connectivity index (χ1v) is 9.24. The molecule has 0 spiro atoms. The summed E-state index contributed by atoms with van der Waals surface area (Å²) in [6.07, 6.45) is 0.470. The number of carbonyl (C=O) groups excluding carboxylic acids is 1. The van der Waals surface area contributed by atoms with Gasteiger partial charge in [0.1, 0.15) is 17.1 Å². The molecule has 0 unspecified atom stereocenters. The fourth-order valence-electron chi connectivity index (χ4n) is 3.25. The molecule has 1 aliphatic heterocycles. The number of rotatable bonds is 4. The van der Waals surface area contributed by atoms with E-state index < -0.39 is 5.60 Å². The highest BCUT2D eigenvalue weighted by Crippen LogP contribution is 2.38. The summed E-state index contributed by atoms with van der Waals surface area (Å²) >= 11 is 0. The number of fused-ring (bicyclic) bond motifs is 1. The number of benzene rings is 2. The van der Waals surface area contributed by atoms with Crippen LogP contribution in [0.3, 0.4) is 0 Å². The third-order valence-electron chi connectivity index (χ3n) is 4.49. The van der Waals surface area contributed by atoms with E-state index in [9.17, 15) is 4.79 Å². The van der Waals surface area contributed by atoms with E-state index in [1.165, 1.54) is 0 Å². The normalized spacial score (nSPS) is 16.1. The molecule has 3 rings (SSSR count). The van der Waals surface area contributed by atoms with Gasteiger partial charge < -0.3 is 19.5 Å². The van der Waals surface area contributed by atoms with Crippen LogP contribution >= 0.6 is 0 Å². The van der Waals surface area contributed by atoms with Crippen molar-refractivity contribution < 1.29 is 19.0 Å². The van der Waals surface area contributed by atoms with Gasteiger partial charge in [0.05, 0.1) is 13.7 Å². The topological polar surface area (TPSA) is 56.8 Å². The molecular formula is C22H27NO4. The number of methoxy groups -OCH3 is 1. The highest BCUT2D eigenvalue weighted by molar-refractivity contribution is 5.72. The summed E-state index contributed by atoms with van der Waals surface area (Å²) in [5, 5.41) is 2.88. The standard InChI is InChI=1S/C22H27NO4/c1-22(2,3)27-21(24)23-14-16-11-12-26-20-13-15(9-10-18(16)20)17-7-5-6-8-19(17)25-4/h5-10,13,16H,11-12,14H2,1-4H3,(H,23,24)/t16-/m0/s1. The molecular weight excluding hydrogens is 342 g/mol. The monoisotopic (exact) mass is 369 g/mol. The van der Waals surface area contributed by atoms with E-state index in [0.717, 1.165) is 34.6 Å². The maximum atomic E-state index is 11.9. The Morgan fingerprint density at radius 1 is 1.22 bits per heavy atom. The van der Waals surface area contributed by atoms with Crippen LogP contribution < -0.4 is 14.8 Å². The van der Waals surface area contributed by atoms with Gasteiger partial charge in [0, 0.05) is 18.0 Å². The van der Waals surface area contributed by atoms with E-state index in [-0.39, 0.29) is 12.0 Å². The molecule has 1 aliphatic rings. The average Bonchev–Trinajstić information content (AvgIpc) is 2.64. The van der Waals surface area contributed by atoms with Crippen molar-refractivity contribution in [2.45, 2.75) is 38.7 Å². The molecule has 0 fully saturated rings. The smallest absolute Gasteiger partial charge is 0.407 e. The second kappa shape index (κ2) is 7.91. The minimum Gasteiger partial charge on any atom is -0.496 e. The third-order valence-corrected chi connectivity index (χ3v) is 4.49. The number of alkyl carbamates (subject to hydrolysis) is 1. The molecule has 2 aromatic carbocycles. The molecule has 27 heavy (non-hydrogen) atoms. The van der Waals surface area contributed by atoms with Crippen LogP contribution in [0.1, 0.15) is 38.7 Å². The zero-order valence-corrected chi connectivity index (χ0v) is 16.4. The van der Waals surface area contributed by atoms with Gasteiger partial charge in [-0.2, -0.15) is 0 Å². The van der Waals surface area contributed by atoms with Crippen molar-refractivity contribution in [1.29, 1.82) is 0 Å². The van der Waals surface area contributed by atoms with Crippen LogP contribution in [0.25, 0.3) is 11.1 Å². The first-order chi connectivity index (χ1) is 12.9. The molecule has 1 atom stereocenters. The fraction of sp³-hybridized carbons (Fsp3) is 0.409. The fourth-order valence-corrected chi connectivity index (χ4v) is 3.25. The SMILES string of the molecule is COc1ccccc1-c1ccc2c(c1)OCC[C@H]2CNC(=O)OC(C)(C)C. The Labute approximate surface area is 160 Å². The van der Waals surface area contributed by atoms with E-state index in [1.54, 1.807) is 7.11 Å². The van der Waals surface area contributed by atoms with E-state index in [1.807, 2.05) is 51.1 Å². The van der Waals surface area contributed by atoms with Gasteiger partial charge in [-0.05, 0) is 50.5 Å². The van der Waals surface area contributed by atoms with E-state index in [0.29, 0.717) is 13.2 Å². The molecule has 0 radical (unpaired) electrons. The Hall–Kier alpha value is -2.69. The van der Waals surface area contributed by atoms with Gasteiger partial charge in [0.2, 0.25) is 0 Å². The molecule has 5 nitrogen and oxygen atoms in total. The molecule has 0 saturated carbocycles. The van der Waals surface area contributed by atoms with Crippen LogP contribution in [-0.2, 0) is 4.74 Å². The van der Waals surface area contributed by atoms with Crippen LogP contribution in [0.5, 0.6) is 11.5 Å². The lowest BCUT2D eigenvalue weighted by Crippen LogP contribution is -2.35. The summed E-state index contributed by atoms with van der Waals surface area (Å²) in [4.78, 5) is 11.9. The summed E-state index contributed by atoms with van der Waals surface area (Å²) in [5.41, 5.74) is 2.68. The molecule has 1 heterocycles. The Morgan fingerprint density at radius 2 is 2.00 bits per heavy atom. The van der Waals surface area contributed by atoms with Crippen molar-refractivity contribution in [2.75, 3.05) is 20.3 Å². The maximum Gasteiger partial charge on any atom is 0.407 e. The zero-order chi connectivity index (χ0) is 19.4. The average molecular weight is 369 g/mol. The van der Waals surface area contributed by atoms with Gasteiger partial charge in [-0.1, -0.05) is 30.3 Å². The summed E-state index contributed by atoms with van der Waals surface area (Å²) < 4.78 is 16.7. The van der Waals surface area contributed by atoms with Crippen molar-refractivity contribution in [2.24, 2.45) is 0 Å². The number of nitrogens with one attached hydrogen (secondary N) is 1. The lowest BCUT2D eigenvalue weighted by atomic mass is 9.91. The van der Waals surface area contributed by atoms with Gasteiger partial charge in [-0.25, -0.2) is 4.79 Å². The molecule has 0 aromatic heterocycles. The van der Waals surface area contributed by atoms with Crippen LogP contribution in [0.15, 0.2) is 42.5 Å². The van der Waals surface area contributed by atoms with Crippen LogP contribution in [-0.4, -0.2) is 32.0 Å². The molecule has 5 heteroatoms. The quantitative estimate of drug-likeness (QED) is 0.845. The van der Waals surface area contributed by atoms with Crippen LogP contribution in [0.4, 0.5) is 4.79 Å². The number of para-hydroxylation sites is 1. The predicted molar refractivity (Wildman–Crippen MR) is 106 cm³/mol. The summed E-state index contributed by atoms with van der Waals surface area (Å²) in [6, 6.07) is 14.1. The number of hydrogen-bond acceptors (Lipinski definition) is 4. The van der Waals surface area contributed by atoms with Crippen molar-refractivity contribution in [1.82, 2.24) is 5.32 Å². The number of amides is 1. The number of hydrogen-bond donors (Lipinski definition) is 1. The molecule has 1 N–H and O–H groups in total. The van der Waals surface area contributed by atoms with Gasteiger partial charge >= 0.3 is 6.09 Å². The Morgan fingerprint density at radius 3 is 2.74 bits per heavy atom. The molecule has 2 aromatic rings. The lowest BCUT2D eigenvalue weighted by Gasteiger charge is -2.27. The van der Waals surface area contributed by atoms with E-state index in [2.05, 4.69) is 17.4 Å². The van der Waals surface area contributed by atoms with Gasteiger partial charge in [-0.15, -0.1) is 0 Å². The largest absolute Gasteiger partial charge is 0.496 e. The second-order valence-corrected chi connectivity index (χ2v) is 7.67. The first-order valence-electron chi connectivity index (χ1n) is 9.24. The second-order valence-electron chi connectivity index (χ2n) is 7.67. The lowest BCUT2D eigenvalue weighted by molar-refractivity contribution is 0.0521. The summed E-state index contributed by atoms with van der Waals surface area (Å²) in [5.74, 6) is 1.89. The van der Waals surface area contributed by atoms with Gasteiger partial charge in [0.25, 0.3) is 0 Å². The van der Waals surface area contributed by atoms with E-state index in [4.69, 9.17) is 14.2 Å². The first kappa shape index (κ1) is 19.1. The number of ether oxygens (including phenoxy) is 3. The van der Waals surface area contributed by atoms with Crippen LogP contribution in [0.2, 0.25) is 0 Å². The molecule has 0 bridgehead atoms. The highest BCUT2D eigenvalue weighted by atomic mass is 16.6. The van der Waals surface area contributed by atoms with Gasteiger partial charge in [0.15, 0.2) is 0 Å². The Balaban J connectivity index is 1.76. The minimum absolute atomic E-state index is 0.202. The number of carbonyl (C=O) groups is 1. The minimum atomic E-state index is -0.499. The highest BCUT2D eigenvalue weighted by Gasteiger charge is 2.24. The van der Waals surface area contributed by atoms with Crippen molar-refractivity contribution in [3.8, 4) is 22.6 Å². The maximum absolute atomic E-state index is 11.9. The summed E-state index contributed by atoms with van der Waals surface area (Å²) in [7, 11) is 1.67. The molecule has 0 saturated heterocycles. The van der Waals surface area contributed by atoms with Crippen molar-refractivity contribution in [3.05, 3.63) is 48.0 Å². The van der Waals surface area contributed by atoms with Crippen LogP contribution in [0, 0.1) is 0 Å². The Bertz CT molecular complexity index is 810. The molecule has 0 aliphatic carbocycles. The Kier molecular flexibility index (Phi) is 5.59. The molecule has 1 amide bonds.